The molecule has 0 radical (unpaired) electrons. The molecular weight excluding hydrogens is 368 g/mol. The Hall–Kier alpha value is -3.25. The molecule has 0 amide bonds. The number of hydrogen-bond donors (Lipinski definition) is 0. The van der Waals surface area contributed by atoms with Crippen LogP contribution in [0.15, 0.2) is 48.9 Å². The lowest BCUT2D eigenvalue weighted by atomic mass is 9.96. The molecular formula is C23H22N2O4. The van der Waals surface area contributed by atoms with Crippen LogP contribution < -0.4 is 4.74 Å². The van der Waals surface area contributed by atoms with Crippen LogP contribution in [0.25, 0.3) is 22.0 Å². The summed E-state index contributed by atoms with van der Waals surface area (Å²) in [6.07, 6.45) is 6.15. The van der Waals surface area contributed by atoms with Crippen molar-refractivity contribution in [2.45, 2.75) is 19.4 Å². The number of fused-ring (bicyclic) bond motifs is 1. The van der Waals surface area contributed by atoms with Gasteiger partial charge in [-0.3, -0.25) is 14.6 Å². The highest BCUT2D eigenvalue weighted by Crippen LogP contribution is 2.41. The largest absolute Gasteiger partial charge is 0.496 e. The minimum Gasteiger partial charge on any atom is -0.496 e. The number of carbonyl (C=O) groups is 2. The number of nitrogens with zero attached hydrogens (tertiary/aromatic N) is 2. The maximum Gasteiger partial charge on any atom is 0.172 e. The molecule has 0 fully saturated rings. The second kappa shape index (κ2) is 8.01. The van der Waals surface area contributed by atoms with Gasteiger partial charge in [0, 0.05) is 66.5 Å². The number of methoxy groups -OCH3 is 2. The molecule has 148 valence electrons. The number of aryl methyl sites for hydroxylation is 1. The summed E-state index contributed by atoms with van der Waals surface area (Å²) >= 11 is 0. The standard InChI is InChI=1S/C23H22N2O4/c1-28-11-5-10-25-14-17(16-13-24-9-8-18(16)25)23-20(27)12-19(26)22(23)15-6-3-4-7-21(15)29-2/h3-4,6-9,13-14H,5,10-12H2,1-2H3. The number of hydrogen-bond acceptors (Lipinski definition) is 5. The Bertz CT molecular complexity index is 1130. The molecule has 6 heteroatoms. The zero-order valence-corrected chi connectivity index (χ0v) is 16.5. The fourth-order valence-electron chi connectivity index (χ4n) is 3.93. The van der Waals surface area contributed by atoms with Crippen molar-refractivity contribution < 1.29 is 19.1 Å². The van der Waals surface area contributed by atoms with E-state index in [1.165, 1.54) is 0 Å². The van der Waals surface area contributed by atoms with Crippen LogP contribution in [0.1, 0.15) is 24.0 Å². The van der Waals surface area contributed by atoms with Gasteiger partial charge in [0.1, 0.15) is 5.75 Å². The second-order valence-corrected chi connectivity index (χ2v) is 6.95. The number of allylic oxidation sites excluding steroid dienone is 2. The average molecular weight is 390 g/mol. The summed E-state index contributed by atoms with van der Waals surface area (Å²) in [6.45, 7) is 1.39. The van der Waals surface area contributed by atoms with E-state index in [1.54, 1.807) is 32.7 Å². The minimum atomic E-state index is -0.182. The summed E-state index contributed by atoms with van der Waals surface area (Å²) in [7, 11) is 3.24. The molecule has 0 saturated carbocycles. The van der Waals surface area contributed by atoms with Crippen LogP contribution in [-0.4, -0.2) is 41.9 Å². The van der Waals surface area contributed by atoms with E-state index in [-0.39, 0.29) is 18.0 Å². The third-order valence-corrected chi connectivity index (χ3v) is 5.20. The summed E-state index contributed by atoms with van der Waals surface area (Å²) in [5.41, 5.74) is 3.23. The van der Waals surface area contributed by atoms with Crippen molar-refractivity contribution in [3.05, 3.63) is 60.0 Å². The van der Waals surface area contributed by atoms with Crippen LogP contribution in [0.2, 0.25) is 0 Å². The molecule has 6 nitrogen and oxygen atoms in total. The third-order valence-electron chi connectivity index (χ3n) is 5.20. The van der Waals surface area contributed by atoms with Crippen molar-refractivity contribution in [2.75, 3.05) is 20.8 Å². The average Bonchev–Trinajstić information content (AvgIpc) is 3.24. The first-order valence-electron chi connectivity index (χ1n) is 9.52. The molecule has 0 aliphatic heterocycles. The summed E-state index contributed by atoms with van der Waals surface area (Å²) in [4.78, 5) is 30.0. The summed E-state index contributed by atoms with van der Waals surface area (Å²) in [5, 5.41) is 0.857. The van der Waals surface area contributed by atoms with Gasteiger partial charge in [0.15, 0.2) is 11.6 Å². The molecule has 4 rings (SSSR count). The highest BCUT2D eigenvalue weighted by atomic mass is 16.5. The Labute approximate surface area is 168 Å². The number of aromatic nitrogens is 2. The number of benzene rings is 1. The van der Waals surface area contributed by atoms with Gasteiger partial charge in [-0.1, -0.05) is 18.2 Å². The summed E-state index contributed by atoms with van der Waals surface area (Å²) < 4.78 is 12.7. The molecule has 0 unspecified atom stereocenters. The quantitative estimate of drug-likeness (QED) is 0.456. The Morgan fingerprint density at radius 1 is 1.03 bits per heavy atom. The monoisotopic (exact) mass is 390 g/mol. The third kappa shape index (κ3) is 3.36. The van der Waals surface area contributed by atoms with E-state index < -0.39 is 0 Å². The molecule has 0 bridgehead atoms. The highest BCUT2D eigenvalue weighted by Gasteiger charge is 2.35. The zero-order chi connectivity index (χ0) is 20.4. The first-order valence-corrected chi connectivity index (χ1v) is 9.52. The van der Waals surface area contributed by atoms with Crippen molar-refractivity contribution in [1.82, 2.24) is 9.55 Å². The normalized spacial score (nSPS) is 14.3. The number of ether oxygens (including phenoxy) is 2. The number of Topliss-reactive ketones (excluding diaryl/α,β-unsaturated/α-hetero) is 2. The molecule has 0 atom stereocenters. The smallest absolute Gasteiger partial charge is 0.172 e. The molecule has 1 aliphatic rings. The first-order chi connectivity index (χ1) is 14.2. The molecule has 29 heavy (non-hydrogen) atoms. The van der Waals surface area contributed by atoms with Crippen molar-refractivity contribution in [3.63, 3.8) is 0 Å². The van der Waals surface area contributed by atoms with Crippen molar-refractivity contribution in [3.8, 4) is 5.75 Å². The topological polar surface area (TPSA) is 70.4 Å². The van der Waals surface area contributed by atoms with E-state index in [1.807, 2.05) is 30.5 Å². The number of rotatable bonds is 7. The molecule has 0 saturated heterocycles. The van der Waals surface area contributed by atoms with Crippen molar-refractivity contribution >= 4 is 33.6 Å². The van der Waals surface area contributed by atoms with Crippen LogP contribution in [-0.2, 0) is 20.9 Å². The van der Waals surface area contributed by atoms with Gasteiger partial charge in [0.05, 0.1) is 19.0 Å². The van der Waals surface area contributed by atoms with E-state index in [2.05, 4.69) is 9.55 Å². The van der Waals surface area contributed by atoms with Gasteiger partial charge < -0.3 is 14.0 Å². The first kappa shape index (κ1) is 19.1. The van der Waals surface area contributed by atoms with Crippen molar-refractivity contribution in [2.24, 2.45) is 0 Å². The van der Waals surface area contributed by atoms with Gasteiger partial charge in [-0.05, 0) is 18.6 Å². The number of ketones is 2. The van der Waals surface area contributed by atoms with Crippen molar-refractivity contribution in [1.29, 1.82) is 0 Å². The predicted molar refractivity (Wildman–Crippen MR) is 111 cm³/mol. The van der Waals surface area contributed by atoms with Crippen LogP contribution in [0, 0.1) is 0 Å². The predicted octanol–water partition coefficient (Wildman–Crippen LogP) is 3.53. The fourth-order valence-corrected chi connectivity index (χ4v) is 3.93. The molecule has 1 aliphatic carbocycles. The fraction of sp³-hybridized carbons (Fsp3) is 0.261. The van der Waals surface area contributed by atoms with Crippen LogP contribution in [0.4, 0.5) is 0 Å². The number of pyridine rings is 1. The molecule has 3 aromatic rings. The van der Waals surface area contributed by atoms with E-state index in [9.17, 15) is 9.59 Å². The lowest BCUT2D eigenvalue weighted by Crippen LogP contribution is -2.00. The van der Waals surface area contributed by atoms with Gasteiger partial charge in [-0.15, -0.1) is 0 Å². The Kier molecular flexibility index (Phi) is 5.27. The van der Waals surface area contributed by atoms with Gasteiger partial charge in [-0.25, -0.2) is 0 Å². The lowest BCUT2D eigenvalue weighted by molar-refractivity contribution is -0.119. The molecule has 0 spiro atoms. The molecule has 2 heterocycles. The lowest BCUT2D eigenvalue weighted by Gasteiger charge is -2.10. The summed E-state index contributed by atoms with van der Waals surface area (Å²) in [5.74, 6) is 0.222. The molecule has 2 aromatic heterocycles. The minimum absolute atomic E-state index is 0.126. The number of para-hydroxylation sites is 1. The van der Waals surface area contributed by atoms with Gasteiger partial charge >= 0.3 is 0 Å². The molecule has 0 N–H and O–H groups in total. The van der Waals surface area contributed by atoms with Gasteiger partial charge in [-0.2, -0.15) is 0 Å². The van der Waals surface area contributed by atoms with Crippen LogP contribution in [0.3, 0.4) is 0 Å². The maximum atomic E-state index is 12.9. The number of carbonyl (C=O) groups excluding carboxylic acids is 2. The Morgan fingerprint density at radius 3 is 2.55 bits per heavy atom. The zero-order valence-electron chi connectivity index (χ0n) is 16.5. The SMILES string of the molecule is COCCCn1cc(C2=C(c3ccccc3OC)C(=O)CC2=O)c2cnccc21. The second-order valence-electron chi connectivity index (χ2n) is 6.95. The Balaban J connectivity index is 1.94. The highest BCUT2D eigenvalue weighted by molar-refractivity contribution is 6.52. The maximum absolute atomic E-state index is 12.9. The van der Waals surface area contributed by atoms with E-state index in [0.717, 1.165) is 29.4 Å². The van der Waals surface area contributed by atoms with Gasteiger partial charge in [0.25, 0.3) is 0 Å². The van der Waals surface area contributed by atoms with Gasteiger partial charge in [0.2, 0.25) is 0 Å². The van der Waals surface area contributed by atoms with E-state index >= 15 is 0 Å². The van der Waals surface area contributed by atoms with Crippen LogP contribution >= 0.6 is 0 Å². The Morgan fingerprint density at radius 2 is 1.79 bits per heavy atom. The molecule has 1 aromatic carbocycles. The van der Waals surface area contributed by atoms with E-state index in [0.29, 0.717) is 29.1 Å². The summed E-state index contributed by atoms with van der Waals surface area (Å²) in [6, 6.07) is 9.23. The van der Waals surface area contributed by atoms with Crippen LogP contribution in [0.5, 0.6) is 5.75 Å². The van der Waals surface area contributed by atoms with E-state index in [4.69, 9.17) is 9.47 Å².